The molecule has 2 unspecified atom stereocenters. The summed E-state index contributed by atoms with van der Waals surface area (Å²) in [6.45, 7) is 0.199. The molecule has 30 heavy (non-hydrogen) atoms. The van der Waals surface area contributed by atoms with Crippen LogP contribution in [0, 0.1) is 5.82 Å². The lowest BCUT2D eigenvalue weighted by Crippen LogP contribution is -2.47. The number of amides is 1. The van der Waals surface area contributed by atoms with E-state index in [9.17, 15) is 9.18 Å². The second-order valence-corrected chi connectivity index (χ2v) is 8.09. The van der Waals surface area contributed by atoms with Crippen LogP contribution in [0.2, 0.25) is 0 Å². The number of rotatable bonds is 4. The minimum Gasteiger partial charge on any atom is -0.337 e. The quantitative estimate of drug-likeness (QED) is 0.626. The number of benzene rings is 2. The zero-order valence-corrected chi connectivity index (χ0v) is 17.3. The summed E-state index contributed by atoms with van der Waals surface area (Å²) < 4.78 is 19.5. The van der Waals surface area contributed by atoms with E-state index in [4.69, 9.17) is 4.52 Å². The fraction of sp³-hybridized carbons (Fsp3) is 0.190. The minimum absolute atomic E-state index is 0.0574. The second-order valence-electron chi connectivity index (χ2n) is 7.17. The zero-order chi connectivity index (χ0) is 20.7. The lowest BCUT2D eigenvalue weighted by molar-refractivity contribution is -0.135. The molecule has 0 aliphatic carbocycles. The summed E-state index contributed by atoms with van der Waals surface area (Å²) in [5.74, 6) is 0.503. The van der Waals surface area contributed by atoms with Gasteiger partial charge in [0.25, 0.3) is 5.91 Å². The third-order valence-corrected chi connectivity index (χ3v) is 5.75. The third kappa shape index (κ3) is 3.61. The van der Waals surface area contributed by atoms with E-state index in [2.05, 4.69) is 31.5 Å². The molecule has 1 saturated heterocycles. The minimum atomic E-state index is -0.348. The van der Waals surface area contributed by atoms with E-state index in [0.717, 1.165) is 15.6 Å². The fourth-order valence-electron chi connectivity index (χ4n) is 3.66. The summed E-state index contributed by atoms with van der Waals surface area (Å²) in [7, 11) is 0. The van der Waals surface area contributed by atoms with E-state index in [-0.39, 0.29) is 30.4 Å². The van der Waals surface area contributed by atoms with Crippen LogP contribution >= 0.6 is 15.9 Å². The number of aromatic nitrogens is 2. The second kappa shape index (κ2) is 7.66. The van der Waals surface area contributed by atoms with Crippen LogP contribution in [0.5, 0.6) is 0 Å². The Balaban J connectivity index is 1.28. The van der Waals surface area contributed by atoms with E-state index in [1.165, 1.54) is 12.1 Å². The molecule has 0 saturated carbocycles. The maximum Gasteiger partial charge on any atom is 0.251 e. The highest BCUT2D eigenvalue weighted by Crippen LogP contribution is 2.31. The van der Waals surface area contributed by atoms with Gasteiger partial charge in [-0.1, -0.05) is 33.2 Å². The highest BCUT2D eigenvalue weighted by atomic mass is 79.9. The van der Waals surface area contributed by atoms with Crippen LogP contribution in [-0.4, -0.2) is 32.0 Å². The molecule has 7 nitrogen and oxygen atoms in total. The maximum atomic E-state index is 13.2. The number of nitrogens with one attached hydrogen (secondary N) is 1. The Hall–Kier alpha value is -3.04. The fourth-order valence-corrected chi connectivity index (χ4v) is 3.93. The van der Waals surface area contributed by atoms with Crippen LogP contribution < -0.4 is 5.43 Å². The summed E-state index contributed by atoms with van der Waals surface area (Å²) in [6, 6.07) is 13.5. The first-order chi connectivity index (χ1) is 14.6. The van der Waals surface area contributed by atoms with Crippen molar-refractivity contribution in [2.75, 3.05) is 0 Å². The number of carbonyl (C=O) groups is 1. The van der Waals surface area contributed by atoms with Crippen LogP contribution in [-0.2, 0) is 11.3 Å². The van der Waals surface area contributed by atoms with Gasteiger partial charge in [0, 0.05) is 22.4 Å². The van der Waals surface area contributed by atoms with Crippen molar-refractivity contribution in [1.29, 1.82) is 0 Å². The lowest BCUT2D eigenvalue weighted by Gasteiger charge is -2.30. The predicted octanol–water partition coefficient (Wildman–Crippen LogP) is 3.77. The first-order valence-corrected chi connectivity index (χ1v) is 10.2. The molecule has 1 N–H and O–H groups in total. The Labute approximate surface area is 180 Å². The van der Waals surface area contributed by atoms with Gasteiger partial charge < -0.3 is 14.4 Å². The molecule has 3 heterocycles. The zero-order valence-electron chi connectivity index (χ0n) is 15.7. The van der Waals surface area contributed by atoms with Crippen molar-refractivity contribution in [2.24, 2.45) is 0 Å². The van der Waals surface area contributed by atoms with Crippen molar-refractivity contribution >= 4 is 21.8 Å². The number of hydrogen-bond acceptors (Lipinski definition) is 6. The number of nitrogens with zero attached hydrogens (tertiary/aromatic N) is 4. The SMILES string of the molecule is O=C1C2CC(c3ccc(F)cc3)NN2C=CN1Cc1nc(-c2ccc(Br)cc2)no1. The number of hydrazine groups is 1. The number of fused-ring (bicyclic) bond motifs is 1. The standard InChI is InChI=1S/C21H17BrFN5O2/c22-15-5-1-14(2-6-15)20-24-19(30-26-20)12-27-9-10-28-18(21(27)29)11-17(25-28)13-3-7-16(23)8-4-13/h1-10,17-18,25H,11-12H2. The Bertz CT molecular complexity index is 1100. The molecular formula is C21H17BrFN5O2. The molecule has 0 bridgehead atoms. The van der Waals surface area contributed by atoms with E-state index < -0.39 is 0 Å². The van der Waals surface area contributed by atoms with Gasteiger partial charge in [-0.3, -0.25) is 4.79 Å². The molecule has 2 aromatic carbocycles. The topological polar surface area (TPSA) is 74.5 Å². The Morgan fingerprint density at radius 2 is 1.90 bits per heavy atom. The van der Waals surface area contributed by atoms with Crippen molar-refractivity contribution in [1.82, 2.24) is 25.5 Å². The molecule has 3 aromatic rings. The summed E-state index contributed by atoms with van der Waals surface area (Å²) in [4.78, 5) is 19.0. The molecule has 1 fully saturated rings. The maximum absolute atomic E-state index is 13.2. The van der Waals surface area contributed by atoms with Gasteiger partial charge in [0.1, 0.15) is 18.4 Å². The predicted molar refractivity (Wildman–Crippen MR) is 110 cm³/mol. The molecule has 2 aliphatic heterocycles. The molecule has 0 spiro atoms. The van der Waals surface area contributed by atoms with Gasteiger partial charge in [-0.25, -0.2) is 9.82 Å². The van der Waals surface area contributed by atoms with Crippen LogP contribution in [0.25, 0.3) is 11.4 Å². The van der Waals surface area contributed by atoms with Crippen molar-refractivity contribution in [3.8, 4) is 11.4 Å². The van der Waals surface area contributed by atoms with Gasteiger partial charge in [-0.15, -0.1) is 0 Å². The van der Waals surface area contributed by atoms with Crippen LogP contribution in [0.15, 0.2) is 69.9 Å². The average molecular weight is 470 g/mol. The first kappa shape index (κ1) is 19.0. The molecule has 9 heteroatoms. The van der Waals surface area contributed by atoms with Gasteiger partial charge in [-0.2, -0.15) is 4.98 Å². The van der Waals surface area contributed by atoms with Crippen LogP contribution in [0.4, 0.5) is 4.39 Å². The van der Waals surface area contributed by atoms with E-state index in [1.54, 1.807) is 28.2 Å². The molecule has 1 aromatic heterocycles. The molecule has 1 amide bonds. The summed E-state index contributed by atoms with van der Waals surface area (Å²) in [5.41, 5.74) is 5.07. The van der Waals surface area contributed by atoms with Gasteiger partial charge in [0.2, 0.25) is 11.7 Å². The van der Waals surface area contributed by atoms with E-state index in [1.807, 2.05) is 30.5 Å². The Morgan fingerprint density at radius 1 is 1.13 bits per heavy atom. The van der Waals surface area contributed by atoms with Crippen LogP contribution in [0.1, 0.15) is 23.9 Å². The van der Waals surface area contributed by atoms with E-state index >= 15 is 0 Å². The monoisotopic (exact) mass is 469 g/mol. The number of hydrogen-bond donors (Lipinski definition) is 1. The largest absolute Gasteiger partial charge is 0.337 e. The Kier molecular flexibility index (Phi) is 4.84. The normalized spacial score (nSPS) is 20.7. The van der Waals surface area contributed by atoms with Gasteiger partial charge in [0.05, 0.1) is 6.04 Å². The number of carbonyl (C=O) groups excluding carboxylic acids is 1. The molecule has 2 atom stereocenters. The molecule has 2 aliphatic rings. The molecular weight excluding hydrogens is 453 g/mol. The first-order valence-electron chi connectivity index (χ1n) is 9.44. The smallest absolute Gasteiger partial charge is 0.251 e. The highest BCUT2D eigenvalue weighted by Gasteiger charge is 2.40. The van der Waals surface area contributed by atoms with Crippen molar-refractivity contribution in [2.45, 2.75) is 25.0 Å². The summed E-state index contributed by atoms with van der Waals surface area (Å²) >= 11 is 3.40. The molecule has 5 rings (SSSR count). The van der Waals surface area contributed by atoms with Crippen molar-refractivity contribution < 1.29 is 13.7 Å². The summed E-state index contributed by atoms with van der Waals surface area (Å²) in [6.07, 6.45) is 4.10. The third-order valence-electron chi connectivity index (χ3n) is 5.22. The molecule has 0 radical (unpaired) electrons. The highest BCUT2D eigenvalue weighted by molar-refractivity contribution is 9.10. The van der Waals surface area contributed by atoms with Gasteiger partial charge in [0.15, 0.2) is 0 Å². The lowest BCUT2D eigenvalue weighted by atomic mass is 10.0. The molecule has 152 valence electrons. The summed E-state index contributed by atoms with van der Waals surface area (Å²) in [5, 5.41) is 5.81. The van der Waals surface area contributed by atoms with Gasteiger partial charge >= 0.3 is 0 Å². The Morgan fingerprint density at radius 3 is 2.67 bits per heavy atom. The van der Waals surface area contributed by atoms with Crippen LogP contribution in [0.3, 0.4) is 0 Å². The average Bonchev–Trinajstić information content (AvgIpc) is 3.39. The van der Waals surface area contributed by atoms with Crippen molar-refractivity contribution in [3.63, 3.8) is 0 Å². The van der Waals surface area contributed by atoms with Crippen molar-refractivity contribution in [3.05, 3.63) is 82.7 Å². The van der Waals surface area contributed by atoms with E-state index in [0.29, 0.717) is 18.1 Å². The van der Waals surface area contributed by atoms with Gasteiger partial charge in [-0.05, 0) is 48.4 Å². The number of halogens is 2.